The summed E-state index contributed by atoms with van der Waals surface area (Å²) < 4.78 is 29.6. The van der Waals surface area contributed by atoms with E-state index < -0.39 is 23.5 Å². The van der Waals surface area contributed by atoms with Crippen LogP contribution in [0.3, 0.4) is 0 Å². The Labute approximate surface area is 262 Å². The molecule has 4 aromatic rings. The van der Waals surface area contributed by atoms with E-state index in [4.69, 9.17) is 26.1 Å². The fourth-order valence-electron chi connectivity index (χ4n) is 6.40. The number of rotatable bonds is 10. The smallest absolute Gasteiger partial charge is 0.306 e. The number of halogens is 2. The maximum absolute atomic E-state index is 14.8. The van der Waals surface area contributed by atoms with Gasteiger partial charge in [0, 0.05) is 42.4 Å². The molecule has 9 heteroatoms. The molecule has 0 saturated carbocycles. The summed E-state index contributed by atoms with van der Waals surface area (Å²) in [5.74, 6) is -0.462. The number of carbonyl (C=O) groups is 1. The molecule has 2 atom stereocenters. The quantitative estimate of drug-likeness (QED) is 0.200. The van der Waals surface area contributed by atoms with Crippen molar-refractivity contribution in [3.8, 4) is 11.5 Å². The second-order valence-corrected chi connectivity index (χ2v) is 12.3. The van der Waals surface area contributed by atoms with Gasteiger partial charge >= 0.3 is 5.97 Å². The number of carboxylic acids is 1. The van der Waals surface area contributed by atoms with Crippen molar-refractivity contribution in [3.05, 3.63) is 112 Å². The molecule has 1 aromatic heterocycles. The number of hydrogen-bond acceptors (Lipinski definition) is 5. The number of ether oxygens (including phenoxy) is 2. The number of fused-ring (bicyclic) bond motifs is 1. The normalized spacial score (nSPS) is 19.3. The zero-order chi connectivity index (χ0) is 30.8. The molecule has 230 valence electrons. The van der Waals surface area contributed by atoms with Gasteiger partial charge in [0.05, 0.1) is 18.0 Å². The van der Waals surface area contributed by atoms with Crippen molar-refractivity contribution in [1.82, 2.24) is 14.5 Å². The van der Waals surface area contributed by atoms with Gasteiger partial charge in [0.25, 0.3) is 5.79 Å². The van der Waals surface area contributed by atoms with Crippen molar-refractivity contribution in [2.24, 2.45) is 5.92 Å². The summed E-state index contributed by atoms with van der Waals surface area (Å²) in [4.78, 5) is 19.0. The molecular formula is C35H37ClFN3O4. The molecule has 0 aliphatic carbocycles. The van der Waals surface area contributed by atoms with Crippen LogP contribution in [-0.4, -0.2) is 38.6 Å². The Morgan fingerprint density at radius 3 is 2.57 bits per heavy atom. The van der Waals surface area contributed by atoms with Crippen molar-refractivity contribution in [2.45, 2.75) is 64.3 Å². The van der Waals surface area contributed by atoms with Gasteiger partial charge in [-0.2, -0.15) is 0 Å². The van der Waals surface area contributed by atoms with Crippen molar-refractivity contribution in [3.63, 3.8) is 0 Å². The number of likely N-dealkylation sites (tertiary alicyclic amines) is 1. The molecule has 0 amide bonds. The highest BCUT2D eigenvalue weighted by molar-refractivity contribution is 6.30. The summed E-state index contributed by atoms with van der Waals surface area (Å²) >= 11 is 5.98. The predicted octanol–water partition coefficient (Wildman–Crippen LogP) is 7.40. The Hall–Kier alpha value is -3.88. The van der Waals surface area contributed by atoms with Gasteiger partial charge in [0.1, 0.15) is 11.6 Å². The van der Waals surface area contributed by atoms with E-state index in [1.165, 1.54) is 6.07 Å². The molecule has 2 aliphatic rings. The number of benzene rings is 3. The minimum Gasteiger partial charge on any atom is -0.481 e. The second kappa shape index (κ2) is 12.6. The minimum absolute atomic E-state index is 0.266. The molecule has 3 aromatic carbocycles. The number of aromatic nitrogens is 2. The van der Waals surface area contributed by atoms with Gasteiger partial charge in [0.2, 0.25) is 0 Å². The van der Waals surface area contributed by atoms with Crippen molar-refractivity contribution in [2.75, 3.05) is 13.1 Å². The first-order valence-electron chi connectivity index (χ1n) is 15.2. The molecule has 6 rings (SSSR count). The van der Waals surface area contributed by atoms with E-state index in [2.05, 4.69) is 27.7 Å². The summed E-state index contributed by atoms with van der Waals surface area (Å²) in [6.07, 6.45) is 4.72. The van der Waals surface area contributed by atoms with E-state index >= 15 is 0 Å². The van der Waals surface area contributed by atoms with Crippen LogP contribution in [0.2, 0.25) is 5.02 Å². The Morgan fingerprint density at radius 2 is 1.86 bits per heavy atom. The Kier molecular flexibility index (Phi) is 8.65. The fourth-order valence-corrected chi connectivity index (χ4v) is 6.56. The number of piperidine rings is 1. The number of para-hydroxylation sites is 1. The third kappa shape index (κ3) is 6.19. The summed E-state index contributed by atoms with van der Waals surface area (Å²) in [7, 11) is 0. The van der Waals surface area contributed by atoms with Crippen LogP contribution in [-0.2, 0) is 30.1 Å². The van der Waals surface area contributed by atoms with Crippen LogP contribution in [0.4, 0.5) is 4.39 Å². The minimum atomic E-state index is -1.28. The molecule has 0 bridgehead atoms. The highest BCUT2D eigenvalue weighted by Gasteiger charge is 2.43. The third-order valence-corrected chi connectivity index (χ3v) is 9.16. The maximum Gasteiger partial charge on any atom is 0.306 e. The molecular weight excluding hydrogens is 581 g/mol. The van der Waals surface area contributed by atoms with Crippen LogP contribution in [0.5, 0.6) is 11.5 Å². The Bertz CT molecular complexity index is 1640. The van der Waals surface area contributed by atoms with E-state index in [0.29, 0.717) is 48.0 Å². The monoisotopic (exact) mass is 617 g/mol. The average molecular weight is 618 g/mol. The molecule has 1 saturated heterocycles. The van der Waals surface area contributed by atoms with Gasteiger partial charge in [-0.15, -0.1) is 0 Å². The number of imidazole rings is 1. The molecule has 0 radical (unpaired) electrons. The van der Waals surface area contributed by atoms with E-state index in [-0.39, 0.29) is 5.92 Å². The number of nitrogens with zero attached hydrogens (tertiary/aromatic N) is 3. The van der Waals surface area contributed by atoms with Crippen LogP contribution in [0, 0.1) is 11.7 Å². The lowest BCUT2D eigenvalue weighted by atomic mass is 9.88. The summed E-state index contributed by atoms with van der Waals surface area (Å²) in [6, 6.07) is 20.7. The highest BCUT2D eigenvalue weighted by atomic mass is 35.5. The van der Waals surface area contributed by atoms with E-state index in [1.54, 1.807) is 19.1 Å². The second-order valence-electron chi connectivity index (χ2n) is 11.9. The Balaban J connectivity index is 1.16. The van der Waals surface area contributed by atoms with Crippen molar-refractivity contribution >= 4 is 17.6 Å². The third-order valence-electron chi connectivity index (χ3n) is 8.93. The van der Waals surface area contributed by atoms with Gasteiger partial charge in [-0.1, -0.05) is 61.0 Å². The van der Waals surface area contributed by atoms with Crippen LogP contribution in [0.1, 0.15) is 67.2 Å². The lowest BCUT2D eigenvalue weighted by Crippen LogP contribution is -2.34. The van der Waals surface area contributed by atoms with Crippen LogP contribution in [0.15, 0.2) is 72.9 Å². The molecule has 1 N–H and O–H groups in total. The molecule has 0 spiro atoms. The fraction of sp³-hybridized carbons (Fsp3) is 0.371. The van der Waals surface area contributed by atoms with E-state index in [1.807, 2.05) is 43.5 Å². The molecule has 2 aliphatic heterocycles. The molecule has 1 fully saturated rings. The lowest BCUT2D eigenvalue weighted by Gasteiger charge is -2.32. The van der Waals surface area contributed by atoms with Gasteiger partial charge < -0.3 is 19.1 Å². The zero-order valence-corrected chi connectivity index (χ0v) is 25.8. The van der Waals surface area contributed by atoms with Crippen molar-refractivity contribution in [1.29, 1.82) is 0 Å². The first-order chi connectivity index (χ1) is 21.2. The van der Waals surface area contributed by atoms with Gasteiger partial charge in [-0.3, -0.25) is 9.69 Å². The first-order valence-corrected chi connectivity index (χ1v) is 15.6. The zero-order valence-electron chi connectivity index (χ0n) is 25.0. The number of aliphatic carboxylic acids is 1. The van der Waals surface area contributed by atoms with E-state index in [0.717, 1.165) is 48.6 Å². The van der Waals surface area contributed by atoms with Crippen molar-refractivity contribution < 1.29 is 23.8 Å². The predicted molar refractivity (Wildman–Crippen MR) is 167 cm³/mol. The first kappa shape index (κ1) is 30.2. The van der Waals surface area contributed by atoms with Crippen LogP contribution >= 0.6 is 11.6 Å². The Morgan fingerprint density at radius 1 is 1.09 bits per heavy atom. The van der Waals surface area contributed by atoms with E-state index in [9.17, 15) is 14.3 Å². The molecule has 7 nitrogen and oxygen atoms in total. The van der Waals surface area contributed by atoms with Gasteiger partial charge in [-0.25, -0.2) is 9.37 Å². The summed E-state index contributed by atoms with van der Waals surface area (Å²) in [5, 5.41) is 10.0. The lowest BCUT2D eigenvalue weighted by molar-refractivity contribution is -0.141. The van der Waals surface area contributed by atoms with Gasteiger partial charge in [0.15, 0.2) is 11.5 Å². The SMILES string of the molecule is CCC(Cc1cnc(CN2CCC(c3cccc4c3OC(C)(c3ccc(Cl)cc3F)O4)CC2)n1Cc1ccccc1)C(=O)O. The summed E-state index contributed by atoms with van der Waals surface area (Å²) in [6.45, 7) is 6.73. The van der Waals surface area contributed by atoms with Crippen LogP contribution in [0.25, 0.3) is 0 Å². The average Bonchev–Trinajstić information content (AvgIpc) is 3.56. The van der Waals surface area contributed by atoms with Gasteiger partial charge in [-0.05, 0) is 68.1 Å². The standard InChI is InChI=1S/C35H37ClFN3O4/c1-3-24(34(41)42)18-27-20-38-32(40(27)21-23-8-5-4-6-9-23)22-39-16-14-25(15-17-39)28-10-7-11-31-33(28)44-35(2,43-31)29-13-12-26(36)19-30(29)37/h4-13,19-20,24-25H,3,14-18,21-22H2,1-2H3,(H,41,42). The topological polar surface area (TPSA) is 76.8 Å². The molecule has 2 unspecified atom stereocenters. The van der Waals surface area contributed by atoms with Crippen LogP contribution < -0.4 is 9.47 Å². The molecule has 3 heterocycles. The highest BCUT2D eigenvalue weighted by Crippen LogP contribution is 2.49. The number of carboxylic acid groups (broad SMARTS) is 1. The molecule has 44 heavy (non-hydrogen) atoms. The maximum atomic E-state index is 14.8. The summed E-state index contributed by atoms with van der Waals surface area (Å²) in [5.41, 5.74) is 3.48. The number of hydrogen-bond donors (Lipinski definition) is 1. The largest absolute Gasteiger partial charge is 0.481 e.